The Bertz CT molecular complexity index is 1870. The van der Waals surface area contributed by atoms with E-state index >= 15 is 0 Å². The molecule has 0 radical (unpaired) electrons. The van der Waals surface area contributed by atoms with Crippen LogP contribution in [0.5, 0.6) is 11.6 Å². The minimum absolute atomic E-state index is 0.0123. The maximum Gasteiger partial charge on any atom is 0.408 e. The van der Waals surface area contributed by atoms with Gasteiger partial charge in [-0.2, -0.15) is 8.42 Å². The molecule has 1 aromatic heterocycles. The van der Waals surface area contributed by atoms with Gasteiger partial charge < -0.3 is 29.7 Å². The third-order valence-corrected chi connectivity index (χ3v) is 12.0. The largest absolute Gasteiger partial charge is 0.497 e. The number of likely N-dealkylation sites (tertiary alicyclic amines) is 1. The summed E-state index contributed by atoms with van der Waals surface area (Å²) in [5.41, 5.74) is -3.18. The Kier molecular flexibility index (Phi) is 11.1. The summed E-state index contributed by atoms with van der Waals surface area (Å²) in [4.78, 5) is 61.8. The zero-order chi connectivity index (χ0) is 39.1. The van der Waals surface area contributed by atoms with E-state index in [2.05, 4.69) is 15.6 Å². The Morgan fingerprint density at radius 1 is 1.07 bits per heavy atom. The van der Waals surface area contributed by atoms with Gasteiger partial charge >= 0.3 is 16.4 Å². The first kappa shape index (κ1) is 39.5. The van der Waals surface area contributed by atoms with E-state index in [9.17, 15) is 27.6 Å². The van der Waals surface area contributed by atoms with E-state index in [4.69, 9.17) is 18.4 Å². The number of benzene rings is 1. The van der Waals surface area contributed by atoms with Crippen LogP contribution in [0.15, 0.2) is 30.5 Å². The summed E-state index contributed by atoms with van der Waals surface area (Å²) in [6, 6.07) is 5.18. The van der Waals surface area contributed by atoms with Gasteiger partial charge in [-0.25, -0.2) is 18.7 Å². The number of carbonyl (C=O) groups excluding carboxylic acids is 4. The lowest BCUT2D eigenvalue weighted by Gasteiger charge is -2.35. The summed E-state index contributed by atoms with van der Waals surface area (Å²) in [6.45, 7) is 8.69. The number of amides is 4. The molecule has 4 aliphatic rings. The van der Waals surface area contributed by atoms with Crippen LogP contribution in [0.4, 0.5) is 4.79 Å². The smallest absolute Gasteiger partial charge is 0.408 e. The van der Waals surface area contributed by atoms with Gasteiger partial charge in [-0.05, 0) is 101 Å². The molecule has 0 spiro atoms. The van der Waals surface area contributed by atoms with Crippen molar-refractivity contribution >= 4 is 44.9 Å². The maximum absolute atomic E-state index is 14.7. The Hall–Kier alpha value is -4.18. The van der Waals surface area contributed by atoms with Crippen LogP contribution in [-0.4, -0.2) is 90.7 Å². The second-order valence-electron chi connectivity index (χ2n) is 16.4. The highest BCUT2D eigenvalue weighted by atomic mass is 32.2. The maximum atomic E-state index is 14.7. The summed E-state index contributed by atoms with van der Waals surface area (Å²) in [5, 5.41) is 7.21. The molecule has 0 unspecified atom stereocenters. The van der Waals surface area contributed by atoms with Crippen molar-refractivity contribution in [1.29, 1.82) is 0 Å². The SMILES string of the molecule is CC[C@@H]1C[C@]1(NC(=O)[C@@H]1C[C@@H](Oc2nccc3cc(OC)ccc23)CN1C(=O)[C@@H](NC(=O)OC(C)(C)C)C1CCCCC1)C(=O)NS(=O)(=O)OC1(C)CC1. The van der Waals surface area contributed by atoms with E-state index < -0.39 is 69.0 Å². The first-order chi connectivity index (χ1) is 25.4. The highest BCUT2D eigenvalue weighted by Gasteiger charge is 2.62. The third kappa shape index (κ3) is 9.02. The molecule has 6 rings (SSSR count). The zero-order valence-electron chi connectivity index (χ0n) is 31.9. The molecule has 3 N–H and O–H groups in total. The minimum atomic E-state index is -4.45. The van der Waals surface area contributed by atoms with Crippen LogP contribution >= 0.6 is 0 Å². The molecule has 4 fully saturated rings. The van der Waals surface area contributed by atoms with E-state index in [0.29, 0.717) is 49.1 Å². The van der Waals surface area contributed by atoms with Crippen molar-refractivity contribution in [2.24, 2.45) is 11.8 Å². The van der Waals surface area contributed by atoms with Gasteiger partial charge in [-0.1, -0.05) is 32.6 Å². The van der Waals surface area contributed by atoms with E-state index in [0.717, 1.165) is 24.6 Å². The molecule has 1 aromatic carbocycles. The van der Waals surface area contributed by atoms with Gasteiger partial charge in [0.2, 0.25) is 17.7 Å². The third-order valence-electron chi connectivity index (χ3n) is 11.0. The first-order valence-electron chi connectivity index (χ1n) is 18.9. The number of hydrogen-bond acceptors (Lipinski definition) is 11. The van der Waals surface area contributed by atoms with E-state index in [1.54, 1.807) is 47.1 Å². The number of hydrogen-bond donors (Lipinski definition) is 3. The van der Waals surface area contributed by atoms with E-state index in [-0.39, 0.29) is 31.2 Å². The van der Waals surface area contributed by atoms with E-state index in [1.807, 2.05) is 29.8 Å². The quantitative estimate of drug-likeness (QED) is 0.264. The number of ether oxygens (including phenoxy) is 3. The monoisotopic (exact) mass is 771 g/mol. The van der Waals surface area contributed by atoms with Crippen molar-refractivity contribution in [1.82, 2.24) is 25.2 Å². The minimum Gasteiger partial charge on any atom is -0.497 e. The lowest BCUT2D eigenvalue weighted by atomic mass is 9.83. The van der Waals surface area contributed by atoms with Gasteiger partial charge in [0.05, 0.1) is 19.3 Å². The summed E-state index contributed by atoms with van der Waals surface area (Å²) in [7, 11) is -2.87. The molecule has 54 heavy (non-hydrogen) atoms. The fourth-order valence-corrected chi connectivity index (χ4v) is 8.85. The highest BCUT2D eigenvalue weighted by Crippen LogP contribution is 2.47. The second-order valence-corrected chi connectivity index (χ2v) is 17.7. The fraction of sp³-hybridized carbons (Fsp3) is 0.658. The topological polar surface area (TPSA) is 192 Å². The normalized spacial score (nSPS) is 25.7. The van der Waals surface area contributed by atoms with Crippen LogP contribution in [0.25, 0.3) is 10.8 Å². The van der Waals surface area contributed by atoms with Crippen molar-refractivity contribution in [3.05, 3.63) is 30.5 Å². The number of nitrogens with one attached hydrogen (secondary N) is 3. The summed E-state index contributed by atoms with van der Waals surface area (Å²) in [5.74, 6) is -1.56. The Labute approximate surface area is 316 Å². The van der Waals surface area contributed by atoms with Crippen LogP contribution in [0.1, 0.15) is 98.8 Å². The number of aromatic nitrogens is 1. The van der Waals surface area contributed by atoms with Gasteiger partial charge in [0.25, 0.3) is 5.91 Å². The molecule has 296 valence electrons. The molecule has 5 atom stereocenters. The van der Waals surface area contributed by atoms with Crippen molar-refractivity contribution in [3.8, 4) is 11.6 Å². The molecule has 3 aliphatic carbocycles. The number of methoxy groups -OCH3 is 1. The average molecular weight is 772 g/mol. The molecule has 1 aliphatic heterocycles. The van der Waals surface area contributed by atoms with Crippen molar-refractivity contribution in [2.45, 2.75) is 134 Å². The van der Waals surface area contributed by atoms with Gasteiger partial charge in [0.15, 0.2) is 0 Å². The fourth-order valence-electron chi connectivity index (χ4n) is 7.71. The van der Waals surface area contributed by atoms with Crippen LogP contribution in [0, 0.1) is 11.8 Å². The number of fused-ring (bicyclic) bond motifs is 1. The Morgan fingerprint density at radius 3 is 2.43 bits per heavy atom. The highest BCUT2D eigenvalue weighted by molar-refractivity contribution is 7.85. The summed E-state index contributed by atoms with van der Waals surface area (Å²) >= 11 is 0. The predicted octanol–water partition coefficient (Wildman–Crippen LogP) is 4.28. The molecule has 2 aromatic rings. The van der Waals surface area contributed by atoms with Gasteiger partial charge in [0.1, 0.15) is 35.1 Å². The van der Waals surface area contributed by atoms with Crippen molar-refractivity contribution in [2.75, 3.05) is 13.7 Å². The van der Waals surface area contributed by atoms with Crippen LogP contribution < -0.4 is 24.8 Å². The van der Waals surface area contributed by atoms with Gasteiger partial charge in [-0.15, -0.1) is 0 Å². The number of nitrogens with zero attached hydrogens (tertiary/aromatic N) is 2. The molecular formula is C38H53N5O10S. The summed E-state index contributed by atoms with van der Waals surface area (Å²) < 4.78 is 50.2. The Balaban J connectivity index is 1.28. The summed E-state index contributed by atoms with van der Waals surface area (Å²) in [6.07, 6.45) is 6.21. The van der Waals surface area contributed by atoms with Crippen LogP contribution in [0.3, 0.4) is 0 Å². The van der Waals surface area contributed by atoms with Crippen LogP contribution in [-0.2, 0) is 33.6 Å². The number of pyridine rings is 1. The molecule has 1 saturated heterocycles. The average Bonchev–Trinajstić information content (AvgIpc) is 3.98. The van der Waals surface area contributed by atoms with Gasteiger partial charge in [0, 0.05) is 18.0 Å². The Morgan fingerprint density at radius 2 is 1.80 bits per heavy atom. The molecule has 15 nitrogen and oxygen atoms in total. The lowest BCUT2D eigenvalue weighted by Crippen LogP contribution is -2.59. The second kappa shape index (κ2) is 15.2. The predicted molar refractivity (Wildman–Crippen MR) is 198 cm³/mol. The first-order valence-corrected chi connectivity index (χ1v) is 20.3. The van der Waals surface area contributed by atoms with Crippen molar-refractivity contribution in [3.63, 3.8) is 0 Å². The van der Waals surface area contributed by atoms with Crippen LogP contribution in [0.2, 0.25) is 0 Å². The standard InChI is InChI=1S/C38H53N5O10S/c1-7-25-21-38(25,34(46)42-54(48,49)53-37(5)16-17-37)41-31(44)29-20-27(51-32-28-14-13-26(50-6)19-24(28)15-18-39-32)22-43(29)33(45)30(23-11-9-8-10-12-23)40-35(47)52-36(2,3)4/h13-15,18-19,23,25,27,29-30H,7-12,16-17,20-22H2,1-6H3,(H,40,47)(H,41,44)(H,42,46)/t25-,27-,29+,30+,38-/m1/s1. The van der Waals surface area contributed by atoms with E-state index in [1.165, 1.54) is 4.90 Å². The zero-order valence-corrected chi connectivity index (χ0v) is 32.8. The molecule has 16 heteroatoms. The molecule has 3 saturated carbocycles. The number of carbonyl (C=O) groups is 4. The van der Waals surface area contributed by atoms with Crippen molar-refractivity contribution < 1.29 is 46.0 Å². The number of rotatable bonds is 13. The lowest BCUT2D eigenvalue weighted by molar-refractivity contribution is -0.142. The van der Waals surface area contributed by atoms with Gasteiger partial charge in [-0.3, -0.25) is 14.4 Å². The molecule has 2 heterocycles. The molecule has 4 amide bonds. The molecule has 0 bridgehead atoms. The molecular weight excluding hydrogens is 719 g/mol. The number of alkyl carbamates (subject to hydrolysis) is 1.